The molecule has 2 rings (SSSR count). The van der Waals surface area contributed by atoms with Gasteiger partial charge < -0.3 is 11.1 Å². The number of benzene rings is 1. The van der Waals surface area contributed by atoms with Gasteiger partial charge in [0.25, 0.3) is 0 Å². The SMILES string of the molecule is CC(C(=O)NC1CCCCC1N)c1ccccc1. The Morgan fingerprint density at radius 2 is 1.94 bits per heavy atom. The molecule has 0 radical (unpaired) electrons. The van der Waals surface area contributed by atoms with Crippen molar-refractivity contribution in [3.63, 3.8) is 0 Å². The van der Waals surface area contributed by atoms with E-state index in [-0.39, 0.29) is 23.9 Å². The highest BCUT2D eigenvalue weighted by molar-refractivity contribution is 5.83. The Bertz CT molecular complexity index is 391. The fourth-order valence-electron chi connectivity index (χ4n) is 2.54. The molecule has 0 aromatic heterocycles. The predicted octanol–water partition coefficient (Wildman–Crippen LogP) is 2.18. The molecule has 0 heterocycles. The van der Waals surface area contributed by atoms with Gasteiger partial charge in [-0.05, 0) is 25.3 Å². The van der Waals surface area contributed by atoms with Gasteiger partial charge >= 0.3 is 0 Å². The van der Waals surface area contributed by atoms with E-state index < -0.39 is 0 Å². The van der Waals surface area contributed by atoms with Crippen molar-refractivity contribution < 1.29 is 4.79 Å². The third kappa shape index (κ3) is 3.10. The van der Waals surface area contributed by atoms with Crippen LogP contribution < -0.4 is 11.1 Å². The van der Waals surface area contributed by atoms with Crippen molar-refractivity contribution in [1.29, 1.82) is 0 Å². The first-order chi connectivity index (χ1) is 8.68. The van der Waals surface area contributed by atoms with E-state index in [1.807, 2.05) is 37.3 Å². The molecule has 3 unspecified atom stereocenters. The molecule has 1 fully saturated rings. The number of nitrogens with two attached hydrogens (primary N) is 1. The maximum Gasteiger partial charge on any atom is 0.227 e. The summed E-state index contributed by atoms with van der Waals surface area (Å²) in [4.78, 5) is 12.2. The van der Waals surface area contributed by atoms with E-state index in [0.717, 1.165) is 18.4 Å². The summed E-state index contributed by atoms with van der Waals surface area (Å²) < 4.78 is 0. The molecule has 0 saturated heterocycles. The topological polar surface area (TPSA) is 55.1 Å². The highest BCUT2D eigenvalue weighted by Gasteiger charge is 2.25. The van der Waals surface area contributed by atoms with Gasteiger partial charge in [0.2, 0.25) is 5.91 Å². The van der Waals surface area contributed by atoms with E-state index in [1.165, 1.54) is 12.8 Å². The maximum absolute atomic E-state index is 12.2. The van der Waals surface area contributed by atoms with Crippen LogP contribution in [0.1, 0.15) is 44.1 Å². The second-order valence-corrected chi connectivity index (χ2v) is 5.20. The van der Waals surface area contributed by atoms with Crippen LogP contribution in [0.25, 0.3) is 0 Å². The first-order valence-electron chi connectivity index (χ1n) is 6.79. The van der Waals surface area contributed by atoms with E-state index in [1.54, 1.807) is 0 Å². The Labute approximate surface area is 109 Å². The molecule has 1 aromatic carbocycles. The van der Waals surface area contributed by atoms with Crippen LogP contribution in [-0.4, -0.2) is 18.0 Å². The molecule has 3 N–H and O–H groups in total. The van der Waals surface area contributed by atoms with Crippen molar-refractivity contribution in [2.24, 2.45) is 5.73 Å². The summed E-state index contributed by atoms with van der Waals surface area (Å²) in [6.45, 7) is 1.94. The second kappa shape index (κ2) is 6.01. The van der Waals surface area contributed by atoms with E-state index in [9.17, 15) is 4.79 Å². The van der Waals surface area contributed by atoms with Crippen LogP contribution in [-0.2, 0) is 4.79 Å². The van der Waals surface area contributed by atoms with Gasteiger partial charge in [-0.3, -0.25) is 4.79 Å². The number of carbonyl (C=O) groups excluding carboxylic acids is 1. The van der Waals surface area contributed by atoms with Gasteiger partial charge in [-0.2, -0.15) is 0 Å². The Morgan fingerprint density at radius 1 is 1.28 bits per heavy atom. The van der Waals surface area contributed by atoms with Gasteiger partial charge in [0.1, 0.15) is 0 Å². The molecule has 98 valence electrons. The van der Waals surface area contributed by atoms with Gasteiger partial charge in [-0.25, -0.2) is 0 Å². The molecule has 3 heteroatoms. The number of hydrogen-bond donors (Lipinski definition) is 2. The Kier molecular flexibility index (Phi) is 4.37. The first-order valence-corrected chi connectivity index (χ1v) is 6.79. The van der Waals surface area contributed by atoms with Crippen LogP contribution in [0.5, 0.6) is 0 Å². The first kappa shape index (κ1) is 13.1. The molecular weight excluding hydrogens is 224 g/mol. The van der Waals surface area contributed by atoms with Crippen molar-refractivity contribution >= 4 is 5.91 Å². The van der Waals surface area contributed by atoms with Crippen molar-refractivity contribution in [1.82, 2.24) is 5.32 Å². The van der Waals surface area contributed by atoms with Crippen LogP contribution in [0.2, 0.25) is 0 Å². The smallest absolute Gasteiger partial charge is 0.227 e. The summed E-state index contributed by atoms with van der Waals surface area (Å²) in [6, 6.07) is 10.1. The molecule has 1 aromatic rings. The van der Waals surface area contributed by atoms with Crippen molar-refractivity contribution in [2.45, 2.75) is 50.6 Å². The van der Waals surface area contributed by atoms with Crippen molar-refractivity contribution in [2.75, 3.05) is 0 Å². The third-order valence-electron chi connectivity index (χ3n) is 3.84. The molecule has 18 heavy (non-hydrogen) atoms. The summed E-state index contributed by atoms with van der Waals surface area (Å²) in [5, 5.41) is 3.10. The molecule has 3 atom stereocenters. The number of rotatable bonds is 3. The number of nitrogens with one attached hydrogen (secondary N) is 1. The third-order valence-corrected chi connectivity index (χ3v) is 3.84. The van der Waals surface area contributed by atoms with Crippen LogP contribution in [0.3, 0.4) is 0 Å². The van der Waals surface area contributed by atoms with Crippen LogP contribution >= 0.6 is 0 Å². The van der Waals surface area contributed by atoms with Crippen LogP contribution in [0.4, 0.5) is 0 Å². The summed E-state index contributed by atoms with van der Waals surface area (Å²) in [6.07, 6.45) is 4.37. The molecule has 0 aliphatic heterocycles. The molecule has 3 nitrogen and oxygen atoms in total. The van der Waals surface area contributed by atoms with Gasteiger partial charge in [-0.15, -0.1) is 0 Å². The molecule has 0 bridgehead atoms. The standard InChI is InChI=1S/C15H22N2O/c1-11(12-7-3-2-4-8-12)15(18)17-14-10-6-5-9-13(14)16/h2-4,7-8,11,13-14H,5-6,9-10,16H2,1H3,(H,17,18). The quantitative estimate of drug-likeness (QED) is 0.859. The molecule has 1 amide bonds. The fraction of sp³-hybridized carbons (Fsp3) is 0.533. The number of hydrogen-bond acceptors (Lipinski definition) is 2. The highest BCUT2D eigenvalue weighted by atomic mass is 16.1. The Hall–Kier alpha value is -1.35. The van der Waals surface area contributed by atoms with Gasteiger partial charge in [0.15, 0.2) is 0 Å². The van der Waals surface area contributed by atoms with Gasteiger partial charge in [0.05, 0.1) is 5.92 Å². The van der Waals surface area contributed by atoms with E-state index >= 15 is 0 Å². The summed E-state index contributed by atoms with van der Waals surface area (Å²) in [7, 11) is 0. The maximum atomic E-state index is 12.2. The minimum absolute atomic E-state index is 0.0866. The lowest BCUT2D eigenvalue weighted by molar-refractivity contribution is -0.123. The van der Waals surface area contributed by atoms with E-state index in [4.69, 9.17) is 5.73 Å². The fourth-order valence-corrected chi connectivity index (χ4v) is 2.54. The summed E-state index contributed by atoms with van der Waals surface area (Å²) in [5.41, 5.74) is 7.11. The Balaban J connectivity index is 1.95. The number of amides is 1. The van der Waals surface area contributed by atoms with E-state index in [0.29, 0.717) is 0 Å². The van der Waals surface area contributed by atoms with Crippen LogP contribution in [0, 0.1) is 0 Å². The molecule has 1 aliphatic carbocycles. The predicted molar refractivity (Wildman–Crippen MR) is 73.2 cm³/mol. The molecule has 1 aliphatic rings. The van der Waals surface area contributed by atoms with Crippen LogP contribution in [0.15, 0.2) is 30.3 Å². The molecular formula is C15H22N2O. The molecule has 0 spiro atoms. The second-order valence-electron chi connectivity index (χ2n) is 5.20. The summed E-state index contributed by atoms with van der Waals surface area (Å²) >= 11 is 0. The highest BCUT2D eigenvalue weighted by Crippen LogP contribution is 2.19. The minimum Gasteiger partial charge on any atom is -0.351 e. The zero-order valence-electron chi connectivity index (χ0n) is 10.9. The number of carbonyl (C=O) groups is 1. The average Bonchev–Trinajstić information content (AvgIpc) is 2.41. The monoisotopic (exact) mass is 246 g/mol. The van der Waals surface area contributed by atoms with Crippen molar-refractivity contribution in [3.8, 4) is 0 Å². The Morgan fingerprint density at radius 3 is 2.61 bits per heavy atom. The zero-order valence-corrected chi connectivity index (χ0v) is 10.9. The lowest BCUT2D eigenvalue weighted by Crippen LogP contribution is -2.50. The lowest BCUT2D eigenvalue weighted by Gasteiger charge is -2.30. The summed E-state index contributed by atoms with van der Waals surface area (Å²) in [5.74, 6) is -0.0242. The lowest BCUT2D eigenvalue weighted by atomic mass is 9.90. The molecule has 1 saturated carbocycles. The van der Waals surface area contributed by atoms with Gasteiger partial charge in [0, 0.05) is 12.1 Å². The van der Waals surface area contributed by atoms with E-state index in [2.05, 4.69) is 5.32 Å². The minimum atomic E-state index is -0.111. The van der Waals surface area contributed by atoms with Crippen molar-refractivity contribution in [3.05, 3.63) is 35.9 Å². The average molecular weight is 246 g/mol. The zero-order chi connectivity index (χ0) is 13.0. The largest absolute Gasteiger partial charge is 0.351 e. The normalized spacial score (nSPS) is 25.4. The van der Waals surface area contributed by atoms with Gasteiger partial charge in [-0.1, -0.05) is 43.2 Å².